The molecule has 0 amide bonds. The molecular weight excluding hydrogens is 470 g/mol. The molecule has 0 saturated carbocycles. The summed E-state index contributed by atoms with van der Waals surface area (Å²) in [6.45, 7) is 2.28. The minimum Gasteiger partial charge on any atom is -0.463 e. The number of nitrogens with zero attached hydrogens (tertiary/aromatic N) is 1. The first kappa shape index (κ1) is 23.6. The SMILES string of the molecule is COCCOC(=O)C1C(C)=NC2=C(C(=O)C[C@H](c3ccccc3)C2)[C@@H]1c1cc2c(cc1Cl)OCO2. The summed E-state index contributed by atoms with van der Waals surface area (Å²) in [7, 11) is 1.54. The molecule has 3 atom stereocenters. The lowest BCUT2D eigenvalue weighted by Gasteiger charge is -2.36. The summed E-state index contributed by atoms with van der Waals surface area (Å²) in [5, 5.41) is 0.397. The van der Waals surface area contributed by atoms with Crippen molar-refractivity contribution in [2.45, 2.75) is 31.6 Å². The summed E-state index contributed by atoms with van der Waals surface area (Å²) in [4.78, 5) is 31.7. The summed E-state index contributed by atoms with van der Waals surface area (Å²) in [6, 6.07) is 13.4. The number of carbonyl (C=O) groups is 2. The third-order valence-corrected chi connectivity index (χ3v) is 7.10. The molecule has 0 bridgehead atoms. The molecule has 2 heterocycles. The fourth-order valence-corrected chi connectivity index (χ4v) is 5.42. The number of esters is 1. The highest BCUT2D eigenvalue weighted by molar-refractivity contribution is 6.32. The van der Waals surface area contributed by atoms with Crippen LogP contribution in [0.3, 0.4) is 0 Å². The third-order valence-electron chi connectivity index (χ3n) is 6.77. The molecule has 1 aliphatic carbocycles. The van der Waals surface area contributed by atoms with E-state index in [1.807, 2.05) is 30.3 Å². The molecule has 35 heavy (non-hydrogen) atoms. The first-order valence-corrected chi connectivity index (χ1v) is 12.0. The van der Waals surface area contributed by atoms with E-state index < -0.39 is 17.8 Å². The number of fused-ring (bicyclic) bond motifs is 1. The molecule has 0 fully saturated rings. The number of methoxy groups -OCH3 is 1. The Morgan fingerprint density at radius 1 is 1.11 bits per heavy atom. The van der Waals surface area contributed by atoms with Crippen molar-refractivity contribution in [1.29, 1.82) is 0 Å². The van der Waals surface area contributed by atoms with Gasteiger partial charge < -0.3 is 18.9 Å². The predicted molar refractivity (Wildman–Crippen MR) is 130 cm³/mol. The molecule has 0 aromatic heterocycles. The van der Waals surface area contributed by atoms with Crippen LogP contribution in [-0.2, 0) is 19.1 Å². The van der Waals surface area contributed by atoms with Crippen LogP contribution in [0.5, 0.6) is 11.5 Å². The van der Waals surface area contributed by atoms with E-state index in [4.69, 9.17) is 35.5 Å². The average molecular weight is 496 g/mol. The van der Waals surface area contributed by atoms with Gasteiger partial charge in [0.25, 0.3) is 0 Å². The zero-order valence-corrected chi connectivity index (χ0v) is 20.3. The Morgan fingerprint density at radius 2 is 1.86 bits per heavy atom. The van der Waals surface area contributed by atoms with Gasteiger partial charge in [0, 0.05) is 47.5 Å². The number of aliphatic imine (C=N–C) groups is 1. The largest absolute Gasteiger partial charge is 0.463 e. The number of carbonyl (C=O) groups excluding carboxylic acids is 2. The highest BCUT2D eigenvalue weighted by Crippen LogP contribution is 2.50. The number of Topliss-reactive ketones (excluding diaryl/α,β-unsaturated/α-hetero) is 1. The van der Waals surface area contributed by atoms with Crippen molar-refractivity contribution in [2.24, 2.45) is 10.9 Å². The Labute approximate surface area is 208 Å². The predicted octanol–water partition coefficient (Wildman–Crippen LogP) is 4.83. The van der Waals surface area contributed by atoms with Crippen LogP contribution in [0.15, 0.2) is 58.7 Å². The van der Waals surface area contributed by atoms with Crippen molar-refractivity contribution < 1.29 is 28.5 Å². The minimum absolute atomic E-state index is 0.0251. The first-order valence-electron chi connectivity index (χ1n) is 11.6. The second kappa shape index (κ2) is 9.84. The maximum absolute atomic E-state index is 13.7. The summed E-state index contributed by atoms with van der Waals surface area (Å²) in [6.07, 6.45) is 0.939. The molecule has 0 spiro atoms. The van der Waals surface area contributed by atoms with Gasteiger partial charge in [-0.15, -0.1) is 0 Å². The van der Waals surface area contributed by atoms with Gasteiger partial charge >= 0.3 is 5.97 Å². The first-order chi connectivity index (χ1) is 17.0. The molecule has 1 unspecified atom stereocenters. The van der Waals surface area contributed by atoms with Gasteiger partial charge in [0.05, 0.1) is 6.61 Å². The van der Waals surface area contributed by atoms with E-state index >= 15 is 0 Å². The quantitative estimate of drug-likeness (QED) is 0.421. The average Bonchev–Trinajstić information content (AvgIpc) is 3.30. The van der Waals surface area contributed by atoms with Gasteiger partial charge in [0.1, 0.15) is 12.5 Å². The fraction of sp³-hybridized carbons (Fsp3) is 0.370. The van der Waals surface area contributed by atoms with E-state index in [-0.39, 0.29) is 31.7 Å². The summed E-state index contributed by atoms with van der Waals surface area (Å²) >= 11 is 6.71. The molecular formula is C27H26ClNO6. The number of ketones is 1. The zero-order valence-electron chi connectivity index (χ0n) is 19.6. The van der Waals surface area contributed by atoms with Gasteiger partial charge in [-0.1, -0.05) is 41.9 Å². The van der Waals surface area contributed by atoms with E-state index in [1.54, 1.807) is 19.1 Å². The van der Waals surface area contributed by atoms with Crippen LogP contribution in [0.25, 0.3) is 0 Å². The second-order valence-electron chi connectivity index (χ2n) is 8.90. The van der Waals surface area contributed by atoms with Crippen molar-refractivity contribution in [1.82, 2.24) is 0 Å². The molecule has 5 rings (SSSR count). The molecule has 0 N–H and O–H groups in total. The molecule has 2 aromatic rings. The van der Waals surface area contributed by atoms with Crippen LogP contribution < -0.4 is 9.47 Å². The van der Waals surface area contributed by atoms with Crippen LogP contribution in [0.2, 0.25) is 5.02 Å². The van der Waals surface area contributed by atoms with Gasteiger partial charge in [0.15, 0.2) is 17.3 Å². The zero-order chi connectivity index (χ0) is 24.5. The van der Waals surface area contributed by atoms with Crippen molar-refractivity contribution in [3.8, 4) is 11.5 Å². The minimum atomic E-state index is -0.791. The highest BCUT2D eigenvalue weighted by Gasteiger charge is 2.46. The lowest BCUT2D eigenvalue weighted by Crippen LogP contribution is -2.38. The maximum atomic E-state index is 13.7. The summed E-state index contributed by atoms with van der Waals surface area (Å²) < 4.78 is 21.6. The van der Waals surface area contributed by atoms with Crippen LogP contribution in [0, 0.1) is 5.92 Å². The number of rotatable bonds is 6. The highest BCUT2D eigenvalue weighted by atomic mass is 35.5. The van der Waals surface area contributed by atoms with Crippen molar-refractivity contribution >= 4 is 29.1 Å². The molecule has 8 heteroatoms. The van der Waals surface area contributed by atoms with E-state index in [0.29, 0.717) is 51.9 Å². The van der Waals surface area contributed by atoms with Crippen LogP contribution in [0.1, 0.15) is 42.7 Å². The lowest BCUT2D eigenvalue weighted by atomic mass is 9.69. The third kappa shape index (κ3) is 4.46. The van der Waals surface area contributed by atoms with Crippen LogP contribution >= 0.6 is 11.6 Å². The number of hydrogen-bond donors (Lipinski definition) is 0. The van der Waals surface area contributed by atoms with E-state index in [1.165, 1.54) is 7.11 Å². The monoisotopic (exact) mass is 495 g/mol. The van der Waals surface area contributed by atoms with Gasteiger partial charge in [-0.05, 0) is 36.5 Å². The summed E-state index contributed by atoms with van der Waals surface area (Å²) in [5.41, 5.74) is 3.54. The van der Waals surface area contributed by atoms with Crippen molar-refractivity contribution in [2.75, 3.05) is 27.1 Å². The molecule has 0 radical (unpaired) electrons. The van der Waals surface area contributed by atoms with E-state index in [0.717, 1.165) is 5.56 Å². The number of benzene rings is 2. The molecule has 182 valence electrons. The lowest BCUT2D eigenvalue weighted by molar-refractivity contribution is -0.147. The molecule has 2 aromatic carbocycles. The molecule has 7 nitrogen and oxygen atoms in total. The number of halogens is 1. The number of allylic oxidation sites excluding steroid dienone is 2. The fourth-order valence-electron chi connectivity index (χ4n) is 5.15. The van der Waals surface area contributed by atoms with Gasteiger partial charge in [-0.2, -0.15) is 0 Å². The Bertz CT molecular complexity index is 1220. The Balaban J connectivity index is 1.59. The van der Waals surface area contributed by atoms with E-state index in [2.05, 4.69) is 0 Å². The normalized spacial score (nSPS) is 23.1. The van der Waals surface area contributed by atoms with Gasteiger partial charge in [-0.3, -0.25) is 14.6 Å². The Kier molecular flexibility index (Phi) is 6.62. The van der Waals surface area contributed by atoms with Crippen LogP contribution in [-0.4, -0.2) is 44.6 Å². The topological polar surface area (TPSA) is 83.4 Å². The van der Waals surface area contributed by atoms with Crippen LogP contribution in [0.4, 0.5) is 0 Å². The summed E-state index contributed by atoms with van der Waals surface area (Å²) in [5.74, 6) is -0.839. The van der Waals surface area contributed by atoms with Crippen molar-refractivity contribution in [3.63, 3.8) is 0 Å². The molecule has 0 saturated heterocycles. The maximum Gasteiger partial charge on any atom is 0.315 e. The number of hydrogen-bond acceptors (Lipinski definition) is 7. The Hall–Kier alpha value is -3.16. The smallest absolute Gasteiger partial charge is 0.315 e. The Morgan fingerprint density at radius 3 is 2.60 bits per heavy atom. The van der Waals surface area contributed by atoms with Crippen molar-refractivity contribution in [3.05, 3.63) is 69.9 Å². The van der Waals surface area contributed by atoms with Gasteiger partial charge in [-0.25, -0.2) is 0 Å². The standard InChI is InChI=1S/C27H26ClNO6/c1-15-24(27(31)33-9-8-32-2)25(18-12-22-23(13-19(18)28)35-14-34-22)26-20(29-15)10-17(11-21(26)30)16-6-4-3-5-7-16/h3-7,12-13,17,24-25H,8-11,14H2,1-2H3/t17-,24?,25-/m1/s1. The van der Waals surface area contributed by atoms with E-state index in [9.17, 15) is 9.59 Å². The molecule has 3 aliphatic rings. The second-order valence-corrected chi connectivity index (χ2v) is 9.30. The van der Waals surface area contributed by atoms with Gasteiger partial charge in [0.2, 0.25) is 6.79 Å². The number of ether oxygens (including phenoxy) is 4. The molecule has 2 aliphatic heterocycles.